The fourth-order valence-corrected chi connectivity index (χ4v) is 5.40. The molecule has 6 rings (SSSR count). The van der Waals surface area contributed by atoms with Crippen molar-refractivity contribution >= 4 is 17.5 Å². The number of halogens is 3. The summed E-state index contributed by atoms with van der Waals surface area (Å²) in [4.78, 5) is 43.1. The van der Waals surface area contributed by atoms with Gasteiger partial charge in [-0.05, 0) is 17.2 Å². The van der Waals surface area contributed by atoms with Crippen LogP contribution in [0.4, 0.5) is 24.8 Å². The smallest absolute Gasteiger partial charge is 0.423 e. The highest BCUT2D eigenvalue weighted by Crippen LogP contribution is 2.42. The summed E-state index contributed by atoms with van der Waals surface area (Å²) in [5, 5.41) is 14.4. The number of piperazine rings is 1. The summed E-state index contributed by atoms with van der Waals surface area (Å²) in [5.41, 5.74) is -0.796. The third-order valence-corrected chi connectivity index (χ3v) is 7.55. The molecule has 0 aliphatic carbocycles. The molecule has 2 aliphatic rings. The maximum absolute atomic E-state index is 13.9. The van der Waals surface area contributed by atoms with E-state index in [0.717, 1.165) is 17.3 Å². The van der Waals surface area contributed by atoms with E-state index in [9.17, 15) is 22.8 Å². The van der Waals surface area contributed by atoms with Gasteiger partial charge in [0.1, 0.15) is 24.0 Å². The summed E-state index contributed by atoms with van der Waals surface area (Å²) in [6.07, 6.45) is 1.86. The van der Waals surface area contributed by atoms with E-state index in [0.29, 0.717) is 43.3 Å². The Hall–Kier alpha value is -5.52. The Kier molecular flexibility index (Phi) is 7.56. The minimum atomic E-state index is -4.90. The number of nitrogens with zero attached hydrogens (tertiary/aromatic N) is 8. The fourth-order valence-electron chi connectivity index (χ4n) is 5.40. The van der Waals surface area contributed by atoms with Crippen LogP contribution in [-0.2, 0) is 12.7 Å². The van der Waals surface area contributed by atoms with E-state index in [-0.39, 0.29) is 30.5 Å². The molecule has 2 aliphatic heterocycles. The summed E-state index contributed by atoms with van der Waals surface area (Å²) in [7, 11) is 0. The predicted octanol–water partition coefficient (Wildman–Crippen LogP) is 2.95. The number of hydrogen-bond donors (Lipinski definition) is 1. The average Bonchev–Trinajstić information content (AvgIpc) is 3.41. The van der Waals surface area contributed by atoms with Crippen molar-refractivity contribution in [3.05, 3.63) is 99.5 Å². The van der Waals surface area contributed by atoms with Gasteiger partial charge in [0.15, 0.2) is 0 Å². The van der Waals surface area contributed by atoms with Gasteiger partial charge in [-0.15, -0.1) is 0 Å². The lowest BCUT2D eigenvalue weighted by Crippen LogP contribution is -2.49. The Balaban J connectivity index is 1.16. The largest absolute Gasteiger partial charge is 0.489 e. The molecule has 15 heteroatoms. The third-order valence-electron chi connectivity index (χ3n) is 7.55. The number of H-pyrrole nitrogens is 1. The zero-order valence-corrected chi connectivity index (χ0v) is 23.0. The lowest BCUT2D eigenvalue weighted by Gasteiger charge is -2.34. The van der Waals surface area contributed by atoms with Crippen molar-refractivity contribution < 1.29 is 22.7 Å². The first-order valence-corrected chi connectivity index (χ1v) is 13.6. The topological polar surface area (TPSA) is 144 Å². The van der Waals surface area contributed by atoms with Crippen LogP contribution in [0.3, 0.4) is 0 Å². The van der Waals surface area contributed by atoms with E-state index in [1.54, 1.807) is 29.2 Å². The molecular weight excluding hydrogens is 579 g/mol. The van der Waals surface area contributed by atoms with Crippen molar-refractivity contribution in [1.82, 2.24) is 30.0 Å². The molecule has 44 heavy (non-hydrogen) atoms. The molecule has 0 spiro atoms. The molecule has 4 aromatic rings. The molecule has 1 N–H and O–H groups in total. The second kappa shape index (κ2) is 11.6. The molecular formula is C29H24F3N9O3. The van der Waals surface area contributed by atoms with Crippen molar-refractivity contribution in [3.63, 3.8) is 0 Å². The van der Waals surface area contributed by atoms with E-state index >= 15 is 0 Å². The third kappa shape index (κ3) is 5.61. The van der Waals surface area contributed by atoms with Gasteiger partial charge in [-0.25, -0.2) is 15.1 Å². The van der Waals surface area contributed by atoms with E-state index in [1.165, 1.54) is 29.7 Å². The number of carbonyl (C=O) groups is 1. The maximum atomic E-state index is 13.9. The van der Waals surface area contributed by atoms with Crippen LogP contribution in [0.25, 0.3) is 0 Å². The van der Waals surface area contributed by atoms with Crippen molar-refractivity contribution in [3.8, 4) is 11.8 Å². The summed E-state index contributed by atoms with van der Waals surface area (Å²) < 4.78 is 47.7. The molecule has 1 saturated heterocycles. The Morgan fingerprint density at radius 2 is 1.82 bits per heavy atom. The number of alkyl halides is 3. The summed E-state index contributed by atoms with van der Waals surface area (Å²) >= 11 is 0. The van der Waals surface area contributed by atoms with Gasteiger partial charge in [-0.3, -0.25) is 14.6 Å². The van der Waals surface area contributed by atoms with Gasteiger partial charge in [0.05, 0.1) is 47.6 Å². The number of anilines is 2. The molecule has 1 fully saturated rings. The molecule has 0 bridgehead atoms. The quantitative estimate of drug-likeness (QED) is 0.349. The van der Waals surface area contributed by atoms with Crippen LogP contribution in [0, 0.1) is 11.3 Å². The standard InChI is InChI=1S/C29H24F3N9O3/c30-29(31,32)25-23(15-37-38-26(25)42)41-16-19-3-1-2-4-22(19)24(41)17-44-21-9-20(13-34-14-21)27(43)39-5-7-40(8-6-39)28-35-11-18(10-33)12-36-28/h1-4,9,11-15,24H,5-8,16-17H2,(H,38,42)/t24-/m1/s1. The zero-order valence-electron chi connectivity index (χ0n) is 23.0. The normalized spacial score (nSPS) is 16.4. The molecule has 224 valence electrons. The maximum Gasteiger partial charge on any atom is 0.423 e. The van der Waals surface area contributed by atoms with Crippen LogP contribution in [0.15, 0.2) is 66.1 Å². The highest BCUT2D eigenvalue weighted by molar-refractivity contribution is 5.94. The number of ether oxygens (including phenoxy) is 1. The van der Waals surface area contributed by atoms with Crippen LogP contribution in [0.2, 0.25) is 0 Å². The molecule has 3 aromatic heterocycles. The van der Waals surface area contributed by atoms with E-state index in [1.807, 2.05) is 22.1 Å². The molecule has 1 atom stereocenters. The fraction of sp³-hybridized carbons (Fsp3) is 0.276. The number of amides is 1. The van der Waals surface area contributed by atoms with Crippen LogP contribution >= 0.6 is 0 Å². The van der Waals surface area contributed by atoms with Crippen LogP contribution in [0.5, 0.6) is 5.75 Å². The highest BCUT2D eigenvalue weighted by atomic mass is 19.4. The van der Waals surface area contributed by atoms with Crippen molar-refractivity contribution in [2.75, 3.05) is 42.6 Å². The molecule has 0 saturated carbocycles. The number of aromatic nitrogens is 5. The van der Waals surface area contributed by atoms with Gasteiger partial charge in [0.25, 0.3) is 11.5 Å². The molecule has 0 radical (unpaired) electrons. The molecule has 1 aromatic carbocycles. The van der Waals surface area contributed by atoms with Crippen LogP contribution in [0.1, 0.15) is 38.7 Å². The second-order valence-corrected chi connectivity index (χ2v) is 10.2. The molecule has 1 amide bonds. The Morgan fingerprint density at radius 1 is 1.07 bits per heavy atom. The minimum Gasteiger partial charge on any atom is -0.489 e. The number of fused-ring (bicyclic) bond motifs is 1. The van der Waals surface area contributed by atoms with Gasteiger partial charge in [-0.2, -0.15) is 23.5 Å². The number of rotatable bonds is 6. The highest BCUT2D eigenvalue weighted by Gasteiger charge is 2.42. The van der Waals surface area contributed by atoms with E-state index < -0.39 is 23.3 Å². The molecule has 5 heterocycles. The van der Waals surface area contributed by atoms with Gasteiger partial charge >= 0.3 is 6.18 Å². The number of carbonyl (C=O) groups excluding carboxylic acids is 1. The lowest BCUT2D eigenvalue weighted by atomic mass is 10.1. The molecule has 0 unspecified atom stereocenters. The minimum absolute atomic E-state index is 0.0797. The summed E-state index contributed by atoms with van der Waals surface area (Å²) in [5.74, 6) is 0.499. The Labute approximate surface area is 248 Å². The lowest BCUT2D eigenvalue weighted by molar-refractivity contribution is -0.138. The summed E-state index contributed by atoms with van der Waals surface area (Å²) in [6.45, 7) is 1.85. The van der Waals surface area contributed by atoms with Crippen molar-refractivity contribution in [1.29, 1.82) is 5.26 Å². The summed E-state index contributed by atoms with van der Waals surface area (Å²) in [6, 6.07) is 10.0. The predicted molar refractivity (Wildman–Crippen MR) is 150 cm³/mol. The average molecular weight is 604 g/mol. The van der Waals surface area contributed by atoms with E-state index in [4.69, 9.17) is 10.00 Å². The second-order valence-electron chi connectivity index (χ2n) is 10.2. The Morgan fingerprint density at radius 3 is 2.55 bits per heavy atom. The Bertz CT molecular complexity index is 1780. The van der Waals surface area contributed by atoms with Crippen LogP contribution < -0.4 is 20.1 Å². The number of nitrogens with one attached hydrogen (secondary N) is 1. The van der Waals surface area contributed by atoms with Gasteiger partial charge in [-0.1, -0.05) is 24.3 Å². The first kappa shape index (κ1) is 28.6. The first-order valence-electron chi connectivity index (χ1n) is 13.6. The number of benzene rings is 1. The van der Waals surface area contributed by atoms with Gasteiger partial charge in [0, 0.05) is 38.9 Å². The van der Waals surface area contributed by atoms with E-state index in [2.05, 4.69) is 20.1 Å². The van der Waals surface area contributed by atoms with Crippen molar-refractivity contribution in [2.45, 2.75) is 18.8 Å². The number of aromatic amines is 1. The first-order chi connectivity index (χ1) is 21.2. The zero-order chi connectivity index (χ0) is 30.8. The number of nitriles is 1. The number of pyridine rings is 1. The van der Waals surface area contributed by atoms with Crippen molar-refractivity contribution in [2.24, 2.45) is 0 Å². The van der Waals surface area contributed by atoms with Gasteiger partial charge < -0.3 is 19.4 Å². The number of hydrogen-bond acceptors (Lipinski definition) is 10. The van der Waals surface area contributed by atoms with Crippen LogP contribution in [-0.4, -0.2) is 68.7 Å². The molecule has 12 nitrogen and oxygen atoms in total. The SMILES string of the molecule is N#Cc1cnc(N2CCN(C(=O)c3cncc(OC[C@@H]4c5ccccc5CN4c4cn[nH]c(=O)c4C(F)(F)F)c3)CC2)nc1. The monoisotopic (exact) mass is 603 g/mol. The van der Waals surface area contributed by atoms with Gasteiger partial charge in [0.2, 0.25) is 5.95 Å².